The summed E-state index contributed by atoms with van der Waals surface area (Å²) >= 11 is 0. The number of nitrogens with zero attached hydrogens (tertiary/aromatic N) is 1. The lowest BCUT2D eigenvalue weighted by molar-refractivity contribution is -0.136. The lowest BCUT2D eigenvalue weighted by atomic mass is 9.95. The minimum atomic E-state index is -0.532. The maximum atomic E-state index is 13.1. The summed E-state index contributed by atoms with van der Waals surface area (Å²) < 4.78 is 28.7. The van der Waals surface area contributed by atoms with Gasteiger partial charge >= 0.3 is 11.9 Å². The van der Waals surface area contributed by atoms with Crippen LogP contribution in [0, 0.1) is 41.5 Å². The molecule has 7 aromatic rings. The van der Waals surface area contributed by atoms with Crippen LogP contribution in [0.25, 0.3) is 11.6 Å². The van der Waals surface area contributed by atoms with Crippen molar-refractivity contribution in [1.29, 1.82) is 0 Å². The zero-order valence-electron chi connectivity index (χ0n) is 36.9. The molecule has 0 aliphatic carbocycles. The average molecular weight is 838 g/mol. The third-order valence-electron chi connectivity index (χ3n) is 10.6. The van der Waals surface area contributed by atoms with Gasteiger partial charge in [-0.05, 0) is 177 Å². The standard InChI is InChI=1S/C55H51NO7/c1-35-9-19-45(20-10-35)56(46-21-11-36(2)12-22-46)47-23-13-42(14-24-47)33-50(43-15-25-48(59-8)26-16-43)44-17-27-49(28-18-44)62-55(58)34-60-51-29-38(4)53(30-37(51)3)63-54-32-39(5)52(31-40(54)6)61-41(7)57/h9-33H,34H2,1-8H3. The summed E-state index contributed by atoms with van der Waals surface area (Å²) in [6, 6.07) is 48.5. The number of rotatable bonds is 14. The van der Waals surface area contributed by atoms with Gasteiger partial charge in [-0.25, -0.2) is 4.79 Å². The monoisotopic (exact) mass is 837 g/mol. The number of benzene rings is 7. The highest BCUT2D eigenvalue weighted by molar-refractivity contribution is 5.92. The van der Waals surface area contributed by atoms with Crippen molar-refractivity contribution in [2.24, 2.45) is 0 Å². The second-order valence-corrected chi connectivity index (χ2v) is 15.6. The van der Waals surface area contributed by atoms with E-state index in [1.165, 1.54) is 18.1 Å². The largest absolute Gasteiger partial charge is 0.497 e. The Labute approximate surface area is 369 Å². The van der Waals surface area contributed by atoms with Crippen molar-refractivity contribution in [2.45, 2.75) is 48.5 Å². The first-order valence-corrected chi connectivity index (χ1v) is 20.8. The number of ether oxygens (including phenoxy) is 5. The van der Waals surface area contributed by atoms with E-state index in [1.807, 2.05) is 82.3 Å². The normalized spacial score (nSPS) is 11.1. The Morgan fingerprint density at radius 3 is 1.43 bits per heavy atom. The number of carbonyl (C=O) groups excluding carboxylic acids is 2. The predicted octanol–water partition coefficient (Wildman–Crippen LogP) is 13.3. The molecule has 0 aromatic heterocycles. The molecule has 0 N–H and O–H groups in total. The van der Waals surface area contributed by atoms with Crippen molar-refractivity contribution in [3.05, 3.63) is 196 Å². The molecule has 0 saturated heterocycles. The maximum absolute atomic E-state index is 13.1. The molecule has 8 heteroatoms. The van der Waals surface area contributed by atoms with Crippen LogP contribution in [-0.4, -0.2) is 25.7 Å². The predicted molar refractivity (Wildman–Crippen MR) is 251 cm³/mol. The van der Waals surface area contributed by atoms with E-state index in [0.29, 0.717) is 28.7 Å². The molecule has 0 aliphatic rings. The van der Waals surface area contributed by atoms with E-state index < -0.39 is 5.97 Å². The number of anilines is 3. The summed E-state index contributed by atoms with van der Waals surface area (Å²) in [6.07, 6.45) is 2.16. The fraction of sp³-hybridized carbons (Fsp3) is 0.164. The number of carbonyl (C=O) groups is 2. The molecule has 8 nitrogen and oxygen atoms in total. The van der Waals surface area contributed by atoms with Crippen LogP contribution in [-0.2, 0) is 9.59 Å². The fourth-order valence-electron chi connectivity index (χ4n) is 7.11. The Morgan fingerprint density at radius 1 is 0.508 bits per heavy atom. The number of methoxy groups -OCH3 is 1. The van der Waals surface area contributed by atoms with Crippen LogP contribution in [0.3, 0.4) is 0 Å². The number of hydrogen-bond donors (Lipinski definition) is 0. The zero-order valence-corrected chi connectivity index (χ0v) is 36.9. The second kappa shape index (κ2) is 19.4. The molecule has 0 amide bonds. The van der Waals surface area contributed by atoms with Crippen LogP contribution in [0.1, 0.15) is 57.0 Å². The van der Waals surface area contributed by atoms with Gasteiger partial charge < -0.3 is 28.6 Å². The minimum absolute atomic E-state index is 0.281. The second-order valence-electron chi connectivity index (χ2n) is 15.6. The Kier molecular flexibility index (Phi) is 13.4. The highest BCUT2D eigenvalue weighted by atomic mass is 16.6. The molecule has 0 unspecified atom stereocenters. The molecule has 0 saturated carbocycles. The summed E-state index contributed by atoms with van der Waals surface area (Å²) in [5.41, 5.74) is 12.8. The summed E-state index contributed by atoms with van der Waals surface area (Å²) in [4.78, 5) is 26.8. The molecule has 318 valence electrons. The smallest absolute Gasteiger partial charge is 0.349 e. The molecule has 0 fully saturated rings. The number of aryl methyl sites for hydroxylation is 6. The quantitative estimate of drug-likeness (QED) is 0.0608. The Hall–Kier alpha value is -7.58. The van der Waals surface area contributed by atoms with Gasteiger partial charge in [0.25, 0.3) is 0 Å². The highest BCUT2D eigenvalue weighted by Crippen LogP contribution is 2.38. The van der Waals surface area contributed by atoms with Crippen molar-refractivity contribution in [2.75, 3.05) is 18.6 Å². The van der Waals surface area contributed by atoms with E-state index in [9.17, 15) is 9.59 Å². The summed E-state index contributed by atoms with van der Waals surface area (Å²) in [6.45, 7) is 12.8. The van der Waals surface area contributed by atoms with Crippen LogP contribution in [0.15, 0.2) is 146 Å². The molecule has 0 atom stereocenters. The summed E-state index contributed by atoms with van der Waals surface area (Å²) in [5, 5.41) is 0. The molecule has 7 aromatic carbocycles. The van der Waals surface area contributed by atoms with Crippen molar-refractivity contribution in [3.63, 3.8) is 0 Å². The average Bonchev–Trinajstić information content (AvgIpc) is 3.27. The van der Waals surface area contributed by atoms with Crippen LogP contribution in [0.4, 0.5) is 17.1 Å². The summed E-state index contributed by atoms with van der Waals surface area (Å²) in [5.74, 6) is 2.60. The van der Waals surface area contributed by atoms with Gasteiger partial charge in [0.15, 0.2) is 6.61 Å². The van der Waals surface area contributed by atoms with Gasteiger partial charge in [-0.2, -0.15) is 0 Å². The molecular weight excluding hydrogens is 787 g/mol. The molecule has 63 heavy (non-hydrogen) atoms. The summed E-state index contributed by atoms with van der Waals surface area (Å²) in [7, 11) is 1.65. The third kappa shape index (κ3) is 10.8. The SMILES string of the molecule is COc1ccc(C(=Cc2ccc(N(c3ccc(C)cc3)c3ccc(C)cc3)cc2)c2ccc(OC(=O)COc3cc(C)c(Oc4cc(C)c(OC(C)=O)cc4C)cc3C)cc2)cc1. The van der Waals surface area contributed by atoms with E-state index in [4.69, 9.17) is 23.7 Å². The van der Waals surface area contributed by atoms with E-state index in [-0.39, 0.29) is 12.6 Å². The Balaban J connectivity index is 1.06. The van der Waals surface area contributed by atoms with Crippen LogP contribution < -0.4 is 28.6 Å². The molecule has 0 bridgehead atoms. The first kappa shape index (κ1) is 43.5. The third-order valence-corrected chi connectivity index (χ3v) is 10.6. The number of hydrogen-bond acceptors (Lipinski definition) is 8. The molecular formula is C55H51NO7. The lowest BCUT2D eigenvalue weighted by Crippen LogP contribution is -2.18. The van der Waals surface area contributed by atoms with Crippen LogP contribution >= 0.6 is 0 Å². The van der Waals surface area contributed by atoms with Gasteiger partial charge in [-0.3, -0.25) is 4.79 Å². The topological polar surface area (TPSA) is 83.5 Å². The van der Waals surface area contributed by atoms with Gasteiger partial charge in [0.2, 0.25) is 0 Å². The zero-order chi connectivity index (χ0) is 44.6. The van der Waals surface area contributed by atoms with Crippen LogP contribution in [0.2, 0.25) is 0 Å². The van der Waals surface area contributed by atoms with Crippen molar-refractivity contribution in [1.82, 2.24) is 0 Å². The van der Waals surface area contributed by atoms with E-state index >= 15 is 0 Å². The Bertz CT molecular complexity index is 2710. The molecule has 7 rings (SSSR count). The molecule has 0 aliphatic heterocycles. The minimum Gasteiger partial charge on any atom is -0.497 e. The number of esters is 2. The van der Waals surface area contributed by atoms with E-state index in [0.717, 1.165) is 67.3 Å². The Morgan fingerprint density at radius 2 is 0.937 bits per heavy atom. The highest BCUT2D eigenvalue weighted by Gasteiger charge is 2.16. The van der Waals surface area contributed by atoms with Crippen LogP contribution in [0.5, 0.6) is 34.5 Å². The molecule has 0 heterocycles. The van der Waals surface area contributed by atoms with E-state index in [2.05, 4.69) is 97.6 Å². The fourth-order valence-corrected chi connectivity index (χ4v) is 7.11. The van der Waals surface area contributed by atoms with Crippen molar-refractivity contribution < 1.29 is 33.3 Å². The van der Waals surface area contributed by atoms with Crippen molar-refractivity contribution >= 4 is 40.6 Å². The van der Waals surface area contributed by atoms with Gasteiger partial charge in [0.05, 0.1) is 7.11 Å². The first-order chi connectivity index (χ1) is 30.3. The van der Waals surface area contributed by atoms with Gasteiger partial charge in [0, 0.05) is 24.0 Å². The van der Waals surface area contributed by atoms with Gasteiger partial charge in [-0.1, -0.05) is 71.8 Å². The maximum Gasteiger partial charge on any atom is 0.349 e. The van der Waals surface area contributed by atoms with E-state index in [1.54, 1.807) is 25.3 Å². The van der Waals surface area contributed by atoms with Gasteiger partial charge in [-0.15, -0.1) is 0 Å². The molecule has 0 spiro atoms. The van der Waals surface area contributed by atoms with Gasteiger partial charge in [0.1, 0.15) is 34.5 Å². The first-order valence-electron chi connectivity index (χ1n) is 20.8. The lowest BCUT2D eigenvalue weighted by Gasteiger charge is -2.26. The molecule has 0 radical (unpaired) electrons. The van der Waals surface area contributed by atoms with Crippen molar-refractivity contribution in [3.8, 4) is 34.5 Å².